The second-order valence-electron chi connectivity index (χ2n) is 6.88. The number of nitrogens with one attached hydrogen (secondary N) is 1. The van der Waals surface area contributed by atoms with Gasteiger partial charge in [-0.15, -0.1) is 0 Å². The summed E-state index contributed by atoms with van der Waals surface area (Å²) in [5, 5.41) is 2.50. The van der Waals surface area contributed by atoms with Gasteiger partial charge in [0, 0.05) is 13.5 Å². The van der Waals surface area contributed by atoms with Crippen LogP contribution >= 0.6 is 0 Å². The van der Waals surface area contributed by atoms with Crippen LogP contribution < -0.4 is 10.1 Å². The van der Waals surface area contributed by atoms with Gasteiger partial charge in [-0.1, -0.05) is 38.5 Å². The molecule has 1 amide bonds. The summed E-state index contributed by atoms with van der Waals surface area (Å²) in [6, 6.07) is 7.96. The van der Waals surface area contributed by atoms with Gasteiger partial charge in [0.15, 0.2) is 6.10 Å². The summed E-state index contributed by atoms with van der Waals surface area (Å²) in [6.45, 7) is 10.3. The standard InChI is InChI=1S/C9H13NO6.C8H10O.C4H10/c1-5(11)16-7(9(13)14-2)6-8(12)10-3-4-15-6;1-7-3-5-8(9-2)6-4-7;1-4(2)3/h6-7H,3-4H2,1-2H3,(H,10,12);3-6H,1-2H3;4H,1-3H3/t6-,7?;;/m1../s1. The number of ether oxygens (including phenoxy) is 4. The number of methoxy groups -OCH3 is 2. The summed E-state index contributed by atoms with van der Waals surface area (Å²) in [5.74, 6) is -0.252. The number of amides is 1. The minimum Gasteiger partial charge on any atom is -0.497 e. The molecule has 0 aliphatic carbocycles. The Labute approximate surface area is 172 Å². The van der Waals surface area contributed by atoms with Crippen molar-refractivity contribution in [3.05, 3.63) is 29.8 Å². The van der Waals surface area contributed by atoms with Crippen molar-refractivity contribution in [3.8, 4) is 5.75 Å². The van der Waals surface area contributed by atoms with Crippen LogP contribution in [0.1, 0.15) is 33.3 Å². The first kappa shape index (κ1) is 26.4. The van der Waals surface area contributed by atoms with Crippen LogP contribution in [0.15, 0.2) is 24.3 Å². The highest BCUT2D eigenvalue weighted by Crippen LogP contribution is 2.10. The molecule has 1 N–H and O–H groups in total. The lowest BCUT2D eigenvalue weighted by atomic mass is 10.1. The lowest BCUT2D eigenvalue weighted by Crippen LogP contribution is -2.54. The fourth-order valence-electron chi connectivity index (χ4n) is 1.96. The molecule has 1 aliphatic heterocycles. The van der Waals surface area contributed by atoms with Gasteiger partial charge in [0.2, 0.25) is 6.10 Å². The zero-order valence-corrected chi connectivity index (χ0v) is 18.3. The molecular weight excluding hydrogens is 378 g/mol. The molecule has 0 saturated carbocycles. The van der Waals surface area contributed by atoms with E-state index in [1.54, 1.807) is 7.11 Å². The van der Waals surface area contributed by atoms with Gasteiger partial charge in [-0.3, -0.25) is 9.59 Å². The van der Waals surface area contributed by atoms with E-state index < -0.39 is 30.1 Å². The Kier molecular flexibility index (Phi) is 13.1. The number of carbonyl (C=O) groups is 3. The average Bonchev–Trinajstić information content (AvgIpc) is 2.67. The molecule has 1 aromatic carbocycles. The molecule has 8 heteroatoms. The second-order valence-corrected chi connectivity index (χ2v) is 6.88. The van der Waals surface area contributed by atoms with Crippen LogP contribution in [0.3, 0.4) is 0 Å². The molecule has 2 rings (SSSR count). The Morgan fingerprint density at radius 2 is 1.69 bits per heavy atom. The van der Waals surface area contributed by atoms with E-state index in [4.69, 9.17) is 14.2 Å². The molecule has 1 saturated heterocycles. The number of carbonyl (C=O) groups excluding carboxylic acids is 3. The lowest BCUT2D eigenvalue weighted by Gasteiger charge is -2.27. The smallest absolute Gasteiger partial charge is 0.350 e. The highest BCUT2D eigenvalue weighted by Gasteiger charge is 2.39. The second kappa shape index (κ2) is 14.4. The summed E-state index contributed by atoms with van der Waals surface area (Å²) in [7, 11) is 2.81. The van der Waals surface area contributed by atoms with Crippen LogP contribution in [0.2, 0.25) is 0 Å². The number of hydrogen-bond donors (Lipinski definition) is 1. The Hall–Kier alpha value is -2.61. The van der Waals surface area contributed by atoms with Crippen LogP contribution in [-0.4, -0.2) is 57.4 Å². The van der Waals surface area contributed by atoms with E-state index >= 15 is 0 Å². The van der Waals surface area contributed by atoms with E-state index in [1.165, 1.54) is 5.56 Å². The van der Waals surface area contributed by atoms with Crippen molar-refractivity contribution in [2.75, 3.05) is 27.4 Å². The number of morpholine rings is 1. The van der Waals surface area contributed by atoms with E-state index in [2.05, 4.69) is 37.7 Å². The predicted molar refractivity (Wildman–Crippen MR) is 109 cm³/mol. The normalized spacial score (nSPS) is 16.1. The quantitative estimate of drug-likeness (QED) is 0.759. The molecule has 1 unspecified atom stereocenters. The molecule has 1 fully saturated rings. The molecule has 1 heterocycles. The Morgan fingerprint density at radius 3 is 2.10 bits per heavy atom. The number of aryl methyl sites for hydroxylation is 1. The summed E-state index contributed by atoms with van der Waals surface area (Å²) in [5.41, 5.74) is 1.26. The van der Waals surface area contributed by atoms with E-state index in [-0.39, 0.29) is 6.61 Å². The zero-order valence-electron chi connectivity index (χ0n) is 18.3. The van der Waals surface area contributed by atoms with Gasteiger partial charge in [0.1, 0.15) is 5.75 Å². The van der Waals surface area contributed by atoms with Crippen molar-refractivity contribution in [3.63, 3.8) is 0 Å². The maximum absolute atomic E-state index is 11.4. The van der Waals surface area contributed by atoms with Crippen molar-refractivity contribution in [1.29, 1.82) is 0 Å². The first-order chi connectivity index (χ1) is 13.6. The van der Waals surface area contributed by atoms with Gasteiger partial charge in [-0.05, 0) is 25.0 Å². The molecule has 1 aromatic rings. The number of esters is 2. The van der Waals surface area contributed by atoms with Crippen LogP contribution in [0.25, 0.3) is 0 Å². The van der Waals surface area contributed by atoms with E-state index in [0.29, 0.717) is 6.54 Å². The Bertz CT molecular complexity index is 626. The van der Waals surface area contributed by atoms with E-state index in [0.717, 1.165) is 25.7 Å². The summed E-state index contributed by atoms with van der Waals surface area (Å²) in [4.78, 5) is 33.5. The van der Waals surface area contributed by atoms with Gasteiger partial charge in [-0.2, -0.15) is 0 Å². The number of benzene rings is 1. The van der Waals surface area contributed by atoms with Gasteiger partial charge in [-0.25, -0.2) is 4.79 Å². The minimum atomic E-state index is -1.36. The van der Waals surface area contributed by atoms with Gasteiger partial charge < -0.3 is 24.3 Å². The molecule has 0 bridgehead atoms. The predicted octanol–water partition coefficient (Wildman–Crippen LogP) is 2.27. The topological polar surface area (TPSA) is 100 Å². The number of hydrogen-bond acceptors (Lipinski definition) is 7. The van der Waals surface area contributed by atoms with Gasteiger partial charge >= 0.3 is 11.9 Å². The fourth-order valence-corrected chi connectivity index (χ4v) is 1.96. The van der Waals surface area contributed by atoms with Crippen LogP contribution in [0.4, 0.5) is 0 Å². The largest absolute Gasteiger partial charge is 0.497 e. The molecule has 0 aromatic heterocycles. The monoisotopic (exact) mass is 411 g/mol. The Balaban J connectivity index is 0.000000504. The SMILES string of the molecule is CC(C)C.COC(=O)C(OC(C)=O)[C@H]1OCCNC1=O.COc1ccc(C)cc1. The summed E-state index contributed by atoms with van der Waals surface area (Å²) < 4.78 is 19.2. The van der Waals surface area contributed by atoms with Crippen LogP contribution in [0.5, 0.6) is 5.75 Å². The van der Waals surface area contributed by atoms with Gasteiger partial charge in [0.05, 0.1) is 20.8 Å². The van der Waals surface area contributed by atoms with Crippen LogP contribution in [-0.2, 0) is 28.6 Å². The highest BCUT2D eigenvalue weighted by atomic mass is 16.6. The maximum Gasteiger partial charge on any atom is 0.350 e. The Morgan fingerprint density at radius 1 is 1.14 bits per heavy atom. The summed E-state index contributed by atoms with van der Waals surface area (Å²) in [6.07, 6.45) is -2.51. The molecule has 29 heavy (non-hydrogen) atoms. The van der Waals surface area contributed by atoms with Crippen molar-refractivity contribution in [1.82, 2.24) is 5.32 Å². The zero-order chi connectivity index (χ0) is 22.4. The third kappa shape index (κ3) is 11.7. The molecule has 164 valence electrons. The molecule has 8 nitrogen and oxygen atoms in total. The van der Waals surface area contributed by atoms with Crippen LogP contribution in [0, 0.1) is 12.8 Å². The van der Waals surface area contributed by atoms with Gasteiger partial charge in [0.25, 0.3) is 5.91 Å². The van der Waals surface area contributed by atoms with Crippen molar-refractivity contribution in [2.45, 2.75) is 46.8 Å². The molecule has 0 radical (unpaired) electrons. The van der Waals surface area contributed by atoms with Crippen molar-refractivity contribution >= 4 is 17.8 Å². The van der Waals surface area contributed by atoms with E-state index in [9.17, 15) is 14.4 Å². The molecular formula is C21H33NO7. The fraction of sp³-hybridized carbons (Fsp3) is 0.571. The lowest BCUT2D eigenvalue weighted by molar-refractivity contribution is -0.180. The average molecular weight is 411 g/mol. The van der Waals surface area contributed by atoms with E-state index in [1.807, 2.05) is 24.3 Å². The maximum atomic E-state index is 11.4. The first-order valence-electron chi connectivity index (χ1n) is 9.37. The third-order valence-corrected chi connectivity index (χ3v) is 3.22. The van der Waals surface area contributed by atoms with Crippen molar-refractivity contribution < 1.29 is 33.3 Å². The molecule has 1 aliphatic rings. The summed E-state index contributed by atoms with van der Waals surface area (Å²) >= 11 is 0. The highest BCUT2D eigenvalue weighted by molar-refractivity contribution is 5.90. The minimum absolute atomic E-state index is 0.255. The van der Waals surface area contributed by atoms with Crippen molar-refractivity contribution in [2.24, 2.45) is 5.92 Å². The number of rotatable bonds is 4. The third-order valence-electron chi connectivity index (χ3n) is 3.22. The molecule has 2 atom stereocenters. The first-order valence-corrected chi connectivity index (χ1v) is 9.37. The molecule has 0 spiro atoms.